The van der Waals surface area contributed by atoms with Crippen molar-refractivity contribution in [3.05, 3.63) is 94.8 Å². The average Bonchev–Trinajstić information content (AvgIpc) is 3.23. The fourth-order valence-corrected chi connectivity index (χ4v) is 3.79. The predicted molar refractivity (Wildman–Crippen MR) is 114 cm³/mol. The molecule has 0 spiro atoms. The third-order valence-electron chi connectivity index (χ3n) is 5.19. The molecule has 1 aliphatic carbocycles. The van der Waals surface area contributed by atoms with Gasteiger partial charge in [0.05, 0.1) is 5.69 Å². The Morgan fingerprint density at radius 2 is 1.79 bits per heavy atom. The van der Waals surface area contributed by atoms with Crippen molar-refractivity contribution in [2.75, 3.05) is 0 Å². The van der Waals surface area contributed by atoms with Gasteiger partial charge in [0.15, 0.2) is 0 Å². The first kappa shape index (κ1) is 18.9. The molecule has 0 bridgehead atoms. The summed E-state index contributed by atoms with van der Waals surface area (Å²) in [6.07, 6.45) is 2.84. The number of benzene rings is 2. The highest BCUT2D eigenvalue weighted by Crippen LogP contribution is 2.42. The van der Waals surface area contributed by atoms with E-state index in [1.807, 2.05) is 30.3 Å². The molecule has 1 aromatic heterocycles. The van der Waals surface area contributed by atoms with Crippen molar-refractivity contribution >= 4 is 17.1 Å². The monoisotopic (exact) mass is 385 g/mol. The summed E-state index contributed by atoms with van der Waals surface area (Å²) in [6, 6.07) is 21.5. The van der Waals surface area contributed by atoms with Gasteiger partial charge in [-0.1, -0.05) is 48.0 Å². The second-order valence-electron chi connectivity index (χ2n) is 7.30. The average molecular weight is 385 g/mol. The Morgan fingerprint density at radius 1 is 1.00 bits per heavy atom. The number of hydrogen-bond donors (Lipinski definition) is 1. The van der Waals surface area contributed by atoms with Gasteiger partial charge in [0.25, 0.3) is 0 Å². The minimum Gasteiger partial charge on any atom is -0.488 e. The molecule has 1 heterocycles. The van der Waals surface area contributed by atoms with Crippen LogP contribution in [0.3, 0.4) is 0 Å². The number of rotatable bonds is 6. The summed E-state index contributed by atoms with van der Waals surface area (Å²) >= 11 is 0. The van der Waals surface area contributed by atoms with E-state index in [2.05, 4.69) is 36.2 Å². The molecule has 0 radical (unpaired) electrons. The van der Waals surface area contributed by atoms with Crippen molar-refractivity contribution in [2.24, 2.45) is 0 Å². The number of hydrogen-bond acceptors (Lipinski definition) is 3. The van der Waals surface area contributed by atoms with E-state index in [0.717, 1.165) is 53.0 Å². The van der Waals surface area contributed by atoms with E-state index in [-0.39, 0.29) is 5.69 Å². The molecule has 0 fully saturated rings. The third-order valence-corrected chi connectivity index (χ3v) is 5.19. The highest BCUT2D eigenvalue weighted by molar-refractivity contribution is 5.94. The molecule has 0 atom stereocenters. The zero-order valence-corrected chi connectivity index (χ0v) is 16.4. The summed E-state index contributed by atoms with van der Waals surface area (Å²) in [4.78, 5) is 15.7. The van der Waals surface area contributed by atoms with Crippen LogP contribution in [0, 0.1) is 6.92 Å². The lowest BCUT2D eigenvalue weighted by molar-refractivity contribution is 0.0690. The van der Waals surface area contributed by atoms with Gasteiger partial charge in [0.1, 0.15) is 18.1 Å². The molecule has 1 N–H and O–H groups in total. The van der Waals surface area contributed by atoms with Crippen LogP contribution in [-0.2, 0) is 6.61 Å². The lowest BCUT2D eigenvalue weighted by Gasteiger charge is -2.15. The van der Waals surface area contributed by atoms with Gasteiger partial charge >= 0.3 is 5.97 Å². The summed E-state index contributed by atoms with van der Waals surface area (Å²) < 4.78 is 6.19. The molecule has 3 aromatic rings. The van der Waals surface area contributed by atoms with Gasteiger partial charge in [-0.2, -0.15) is 0 Å². The smallest absolute Gasteiger partial charge is 0.354 e. The van der Waals surface area contributed by atoms with Crippen LogP contribution in [0.2, 0.25) is 0 Å². The molecular formula is C25H23NO3. The van der Waals surface area contributed by atoms with Crippen LogP contribution in [0.15, 0.2) is 66.7 Å². The number of aromatic nitrogens is 1. The van der Waals surface area contributed by atoms with Gasteiger partial charge < -0.3 is 9.84 Å². The second-order valence-corrected chi connectivity index (χ2v) is 7.30. The van der Waals surface area contributed by atoms with Crippen LogP contribution in [0.5, 0.6) is 5.75 Å². The Balaban J connectivity index is 1.72. The SMILES string of the molecule is Cc1ccc(OCc2ccccc2)c(C2=C(c3cccc(C(=O)O)n3)CCC2)c1. The van der Waals surface area contributed by atoms with E-state index in [1.165, 1.54) is 11.6 Å². The van der Waals surface area contributed by atoms with Gasteiger partial charge in [0.2, 0.25) is 0 Å². The number of ether oxygens (including phenoxy) is 1. The van der Waals surface area contributed by atoms with E-state index < -0.39 is 5.97 Å². The molecule has 2 aromatic carbocycles. The van der Waals surface area contributed by atoms with E-state index in [0.29, 0.717) is 6.61 Å². The van der Waals surface area contributed by atoms with Crippen LogP contribution in [-0.4, -0.2) is 16.1 Å². The molecule has 0 unspecified atom stereocenters. The zero-order valence-electron chi connectivity index (χ0n) is 16.4. The topological polar surface area (TPSA) is 59.4 Å². The van der Waals surface area contributed by atoms with Gasteiger partial charge in [0, 0.05) is 5.56 Å². The summed E-state index contributed by atoms with van der Waals surface area (Å²) in [5, 5.41) is 9.30. The first-order valence-corrected chi connectivity index (χ1v) is 9.82. The lowest BCUT2D eigenvalue weighted by Crippen LogP contribution is -2.03. The fourth-order valence-electron chi connectivity index (χ4n) is 3.79. The van der Waals surface area contributed by atoms with Gasteiger partial charge in [-0.05, 0) is 67.2 Å². The molecule has 0 aliphatic heterocycles. The van der Waals surface area contributed by atoms with Crippen molar-refractivity contribution in [3.63, 3.8) is 0 Å². The van der Waals surface area contributed by atoms with Gasteiger partial charge in [-0.15, -0.1) is 0 Å². The van der Waals surface area contributed by atoms with Crippen molar-refractivity contribution in [2.45, 2.75) is 32.8 Å². The quantitative estimate of drug-likeness (QED) is 0.586. The Morgan fingerprint density at radius 3 is 2.59 bits per heavy atom. The third kappa shape index (κ3) is 4.21. The van der Waals surface area contributed by atoms with E-state index in [9.17, 15) is 9.90 Å². The molecule has 4 rings (SSSR count). The minimum absolute atomic E-state index is 0.0750. The summed E-state index contributed by atoms with van der Waals surface area (Å²) in [7, 11) is 0. The summed E-state index contributed by atoms with van der Waals surface area (Å²) in [5.41, 5.74) is 6.50. The van der Waals surface area contributed by atoms with Crippen molar-refractivity contribution in [3.8, 4) is 5.75 Å². The Hall–Kier alpha value is -3.40. The van der Waals surface area contributed by atoms with Crippen LogP contribution >= 0.6 is 0 Å². The van der Waals surface area contributed by atoms with E-state index in [1.54, 1.807) is 6.07 Å². The van der Waals surface area contributed by atoms with Gasteiger partial charge in [-0.25, -0.2) is 9.78 Å². The highest BCUT2D eigenvalue weighted by Gasteiger charge is 2.22. The number of carboxylic acids is 1. The first-order valence-electron chi connectivity index (χ1n) is 9.82. The number of carboxylic acid groups (broad SMARTS) is 1. The van der Waals surface area contributed by atoms with Crippen molar-refractivity contribution in [1.82, 2.24) is 4.98 Å². The van der Waals surface area contributed by atoms with Crippen LogP contribution in [0.4, 0.5) is 0 Å². The Labute approximate surface area is 170 Å². The Bertz CT molecular complexity index is 1070. The molecule has 4 heteroatoms. The normalized spacial score (nSPS) is 13.6. The second kappa shape index (κ2) is 8.31. The molecule has 0 amide bonds. The molecular weight excluding hydrogens is 362 g/mol. The number of aromatic carboxylic acids is 1. The molecule has 1 aliphatic rings. The summed E-state index contributed by atoms with van der Waals surface area (Å²) in [5.74, 6) is -0.155. The molecule has 4 nitrogen and oxygen atoms in total. The summed E-state index contributed by atoms with van der Waals surface area (Å²) in [6.45, 7) is 2.58. The van der Waals surface area contributed by atoms with E-state index >= 15 is 0 Å². The maximum Gasteiger partial charge on any atom is 0.354 e. The minimum atomic E-state index is -1.01. The zero-order chi connectivity index (χ0) is 20.2. The largest absolute Gasteiger partial charge is 0.488 e. The lowest BCUT2D eigenvalue weighted by atomic mass is 9.97. The van der Waals surface area contributed by atoms with Gasteiger partial charge in [-0.3, -0.25) is 0 Å². The standard InChI is InChI=1S/C25H23NO3/c1-17-13-14-24(29-16-18-7-3-2-4-8-18)21(15-17)19-9-5-10-20(19)22-11-6-12-23(26-22)25(27)28/h2-4,6-8,11-15H,5,9-10,16H2,1H3,(H,27,28). The van der Waals surface area contributed by atoms with Crippen LogP contribution in [0.25, 0.3) is 11.1 Å². The number of aryl methyl sites for hydroxylation is 1. The van der Waals surface area contributed by atoms with Crippen LogP contribution < -0.4 is 4.74 Å². The van der Waals surface area contributed by atoms with Crippen molar-refractivity contribution in [1.29, 1.82) is 0 Å². The first-order chi connectivity index (χ1) is 14.1. The van der Waals surface area contributed by atoms with Crippen molar-refractivity contribution < 1.29 is 14.6 Å². The highest BCUT2D eigenvalue weighted by atomic mass is 16.5. The van der Waals surface area contributed by atoms with E-state index in [4.69, 9.17) is 4.74 Å². The maximum absolute atomic E-state index is 11.3. The molecule has 0 saturated heterocycles. The number of allylic oxidation sites excluding steroid dienone is 2. The predicted octanol–water partition coefficient (Wildman–Crippen LogP) is 5.76. The Kier molecular flexibility index (Phi) is 5.43. The van der Waals surface area contributed by atoms with Crippen LogP contribution in [0.1, 0.15) is 52.1 Å². The number of nitrogens with zero attached hydrogens (tertiary/aromatic N) is 1. The number of carbonyl (C=O) groups is 1. The molecule has 0 saturated carbocycles. The molecule has 29 heavy (non-hydrogen) atoms. The number of pyridine rings is 1. The molecule has 146 valence electrons. The maximum atomic E-state index is 11.3. The fraction of sp³-hybridized carbons (Fsp3) is 0.200.